The number of rotatable bonds is 5. The molecule has 0 amide bonds. The van der Waals surface area contributed by atoms with Crippen molar-refractivity contribution in [3.8, 4) is 0 Å². The molecule has 0 saturated carbocycles. The van der Waals surface area contributed by atoms with Crippen LogP contribution in [0.1, 0.15) is 13.3 Å². The highest BCUT2D eigenvalue weighted by molar-refractivity contribution is 7.80. The van der Waals surface area contributed by atoms with E-state index < -0.39 is 0 Å². The fraction of sp³-hybridized carbons (Fsp3) is 0.571. The van der Waals surface area contributed by atoms with Crippen molar-refractivity contribution in [2.45, 2.75) is 13.3 Å². The van der Waals surface area contributed by atoms with E-state index in [1.165, 1.54) is 11.5 Å². The van der Waals surface area contributed by atoms with Crippen LogP contribution in [-0.2, 0) is 0 Å². The van der Waals surface area contributed by atoms with E-state index in [2.05, 4.69) is 21.2 Å². The lowest BCUT2D eigenvalue weighted by Gasteiger charge is -2.18. The summed E-state index contributed by atoms with van der Waals surface area (Å²) in [6.07, 6.45) is 2.28. The van der Waals surface area contributed by atoms with E-state index in [1.54, 1.807) is 6.33 Å². The second-order valence-corrected chi connectivity index (χ2v) is 3.80. The second kappa shape index (κ2) is 5.08. The molecule has 1 rings (SSSR count). The molecule has 1 aromatic heterocycles. The lowest BCUT2D eigenvalue weighted by atomic mass is 10.4. The van der Waals surface area contributed by atoms with E-state index in [0.29, 0.717) is 4.99 Å². The van der Waals surface area contributed by atoms with Crippen LogP contribution in [0.15, 0.2) is 6.33 Å². The van der Waals surface area contributed by atoms with Crippen LogP contribution in [0.25, 0.3) is 0 Å². The van der Waals surface area contributed by atoms with Gasteiger partial charge in [-0.2, -0.15) is 4.37 Å². The third-order valence-electron chi connectivity index (χ3n) is 1.63. The van der Waals surface area contributed by atoms with Crippen LogP contribution in [0, 0.1) is 0 Å². The minimum Gasteiger partial charge on any atom is -0.393 e. The Labute approximate surface area is 86.9 Å². The van der Waals surface area contributed by atoms with Crippen LogP contribution >= 0.6 is 23.8 Å². The summed E-state index contributed by atoms with van der Waals surface area (Å²) < 4.78 is 3.94. The summed E-state index contributed by atoms with van der Waals surface area (Å²) in [5.74, 6) is 0. The van der Waals surface area contributed by atoms with Gasteiger partial charge >= 0.3 is 0 Å². The average Bonchev–Trinajstić information content (AvgIpc) is 2.58. The van der Waals surface area contributed by atoms with Crippen LogP contribution < -0.4 is 10.6 Å². The van der Waals surface area contributed by atoms with Gasteiger partial charge in [0.25, 0.3) is 0 Å². The summed E-state index contributed by atoms with van der Waals surface area (Å²) in [4.78, 5) is 6.77. The smallest absolute Gasteiger partial charge is 0.204 e. The number of hydrogen-bond donors (Lipinski definition) is 1. The summed E-state index contributed by atoms with van der Waals surface area (Å²) in [6, 6.07) is 0. The summed E-state index contributed by atoms with van der Waals surface area (Å²) in [5.41, 5.74) is 5.42. The standard InChI is InChI=1S/C7H12N4S2/c1-2-11(4-3-6(8)12)7-9-5-10-13-7/h5H,2-4H2,1H3,(H2,8,12). The van der Waals surface area contributed by atoms with Crippen LogP contribution in [-0.4, -0.2) is 27.4 Å². The zero-order chi connectivity index (χ0) is 9.68. The molecule has 72 valence electrons. The Bertz CT molecular complexity index is 259. The topological polar surface area (TPSA) is 55.0 Å². The van der Waals surface area contributed by atoms with Gasteiger partial charge in [-0.05, 0) is 6.92 Å². The van der Waals surface area contributed by atoms with E-state index in [0.717, 1.165) is 24.6 Å². The van der Waals surface area contributed by atoms with Gasteiger partial charge in [0.15, 0.2) is 0 Å². The molecule has 4 nitrogen and oxygen atoms in total. The molecule has 0 radical (unpaired) electrons. The van der Waals surface area contributed by atoms with Gasteiger partial charge in [0.2, 0.25) is 5.13 Å². The van der Waals surface area contributed by atoms with Gasteiger partial charge in [0.1, 0.15) is 6.33 Å². The predicted molar refractivity (Wildman–Crippen MR) is 59.2 cm³/mol. The Morgan fingerprint density at radius 3 is 3.00 bits per heavy atom. The van der Waals surface area contributed by atoms with E-state index in [1.807, 2.05) is 0 Å². The molecule has 1 aromatic rings. The quantitative estimate of drug-likeness (QED) is 0.745. The maximum Gasteiger partial charge on any atom is 0.204 e. The number of anilines is 1. The van der Waals surface area contributed by atoms with E-state index in [-0.39, 0.29) is 0 Å². The Morgan fingerprint density at radius 2 is 2.54 bits per heavy atom. The summed E-state index contributed by atoms with van der Waals surface area (Å²) in [5, 5.41) is 0.929. The van der Waals surface area contributed by atoms with Gasteiger partial charge in [0.05, 0.1) is 4.99 Å². The first-order valence-electron chi connectivity index (χ1n) is 4.04. The van der Waals surface area contributed by atoms with E-state index in [9.17, 15) is 0 Å². The van der Waals surface area contributed by atoms with Crippen molar-refractivity contribution in [1.82, 2.24) is 9.36 Å². The molecule has 0 aliphatic carbocycles. The molecule has 13 heavy (non-hydrogen) atoms. The normalized spacial score (nSPS) is 9.92. The second-order valence-electron chi connectivity index (χ2n) is 2.52. The van der Waals surface area contributed by atoms with Crippen molar-refractivity contribution in [3.05, 3.63) is 6.33 Å². The van der Waals surface area contributed by atoms with Crippen molar-refractivity contribution < 1.29 is 0 Å². The van der Waals surface area contributed by atoms with Crippen LogP contribution in [0.3, 0.4) is 0 Å². The molecule has 6 heteroatoms. The molecule has 0 spiro atoms. The highest BCUT2D eigenvalue weighted by Crippen LogP contribution is 2.14. The third-order valence-corrected chi connectivity index (χ3v) is 2.56. The van der Waals surface area contributed by atoms with E-state index >= 15 is 0 Å². The first-order valence-corrected chi connectivity index (χ1v) is 5.22. The van der Waals surface area contributed by atoms with Crippen molar-refractivity contribution >= 4 is 33.9 Å². The zero-order valence-corrected chi connectivity index (χ0v) is 9.07. The minimum absolute atomic E-state index is 0.544. The van der Waals surface area contributed by atoms with Crippen molar-refractivity contribution in [2.75, 3.05) is 18.0 Å². The Kier molecular flexibility index (Phi) is 4.04. The molecule has 0 bridgehead atoms. The van der Waals surface area contributed by atoms with Gasteiger partial charge in [0, 0.05) is 31.0 Å². The largest absolute Gasteiger partial charge is 0.393 e. The summed E-state index contributed by atoms with van der Waals surface area (Å²) in [7, 11) is 0. The zero-order valence-electron chi connectivity index (χ0n) is 7.43. The Balaban J connectivity index is 2.49. The molecule has 0 aliphatic rings. The lowest BCUT2D eigenvalue weighted by Crippen LogP contribution is -2.26. The molecule has 0 saturated heterocycles. The molecule has 0 unspecified atom stereocenters. The van der Waals surface area contributed by atoms with Crippen LogP contribution in [0.2, 0.25) is 0 Å². The van der Waals surface area contributed by atoms with E-state index in [4.69, 9.17) is 18.0 Å². The molecule has 0 aromatic carbocycles. The van der Waals surface area contributed by atoms with Gasteiger partial charge in [-0.1, -0.05) is 12.2 Å². The molecule has 2 N–H and O–H groups in total. The summed E-state index contributed by atoms with van der Waals surface area (Å²) in [6.45, 7) is 3.79. The van der Waals surface area contributed by atoms with Gasteiger partial charge in [-0.3, -0.25) is 0 Å². The third kappa shape index (κ3) is 3.23. The molecule has 0 aliphatic heterocycles. The number of nitrogens with zero attached hydrogens (tertiary/aromatic N) is 3. The fourth-order valence-corrected chi connectivity index (χ4v) is 1.65. The molecule has 0 atom stereocenters. The Hall–Kier alpha value is -0.750. The maximum atomic E-state index is 5.42. The highest BCUT2D eigenvalue weighted by Gasteiger charge is 2.06. The fourth-order valence-electron chi connectivity index (χ4n) is 0.941. The molecular weight excluding hydrogens is 204 g/mol. The molecule has 1 heterocycles. The Morgan fingerprint density at radius 1 is 1.77 bits per heavy atom. The average molecular weight is 216 g/mol. The van der Waals surface area contributed by atoms with Crippen molar-refractivity contribution in [1.29, 1.82) is 0 Å². The predicted octanol–water partition coefficient (Wildman–Crippen LogP) is 1.04. The highest BCUT2D eigenvalue weighted by atomic mass is 32.1. The number of nitrogens with two attached hydrogens (primary N) is 1. The maximum absolute atomic E-state index is 5.42. The van der Waals surface area contributed by atoms with Crippen molar-refractivity contribution in [2.24, 2.45) is 5.73 Å². The number of thiocarbonyl (C=S) groups is 1. The monoisotopic (exact) mass is 216 g/mol. The van der Waals surface area contributed by atoms with Crippen molar-refractivity contribution in [3.63, 3.8) is 0 Å². The van der Waals surface area contributed by atoms with Gasteiger partial charge in [-0.15, -0.1) is 0 Å². The van der Waals surface area contributed by atoms with Gasteiger partial charge < -0.3 is 10.6 Å². The first-order chi connectivity index (χ1) is 6.24. The molecule has 0 fully saturated rings. The number of hydrogen-bond acceptors (Lipinski definition) is 5. The van der Waals surface area contributed by atoms with Crippen LogP contribution in [0.5, 0.6) is 0 Å². The molecular formula is C7H12N4S2. The lowest BCUT2D eigenvalue weighted by molar-refractivity contribution is 0.832. The minimum atomic E-state index is 0.544. The SMILES string of the molecule is CCN(CCC(N)=S)c1ncns1. The summed E-state index contributed by atoms with van der Waals surface area (Å²) >= 11 is 6.20. The first kappa shape index (κ1) is 10.3. The van der Waals surface area contributed by atoms with Gasteiger partial charge in [-0.25, -0.2) is 4.98 Å². The number of aromatic nitrogens is 2. The van der Waals surface area contributed by atoms with Crippen LogP contribution in [0.4, 0.5) is 5.13 Å².